The molecule has 0 saturated heterocycles. The highest BCUT2D eigenvalue weighted by atomic mass is 16.6. The van der Waals surface area contributed by atoms with Crippen LogP contribution in [0.5, 0.6) is 0 Å². The average molecular weight is 362 g/mol. The van der Waals surface area contributed by atoms with E-state index >= 15 is 0 Å². The van der Waals surface area contributed by atoms with Crippen molar-refractivity contribution in [1.29, 1.82) is 0 Å². The third-order valence-corrected chi connectivity index (χ3v) is 4.87. The second-order valence-corrected chi connectivity index (χ2v) is 6.58. The number of carbonyl (C=O) groups excluding carboxylic acids is 1. The van der Waals surface area contributed by atoms with E-state index in [9.17, 15) is 14.9 Å². The predicted octanol–water partition coefficient (Wildman–Crippen LogP) is 4.66. The van der Waals surface area contributed by atoms with Gasteiger partial charge in [0, 0.05) is 17.7 Å². The van der Waals surface area contributed by atoms with E-state index in [-0.39, 0.29) is 23.4 Å². The van der Waals surface area contributed by atoms with Crippen LogP contribution in [-0.4, -0.2) is 10.8 Å². The summed E-state index contributed by atoms with van der Waals surface area (Å²) in [4.78, 5) is 22.9. The van der Waals surface area contributed by atoms with Gasteiger partial charge in [-0.15, -0.1) is 0 Å². The predicted molar refractivity (Wildman–Crippen MR) is 100 cm³/mol. The normalized spacial score (nSPS) is 15.8. The summed E-state index contributed by atoms with van der Waals surface area (Å²) in [6.07, 6.45) is 2.97. The molecule has 27 heavy (non-hydrogen) atoms. The number of nitrogens with one attached hydrogen (secondary N) is 1. The van der Waals surface area contributed by atoms with Gasteiger partial charge in [0.1, 0.15) is 5.76 Å². The van der Waals surface area contributed by atoms with Crippen LogP contribution in [0, 0.1) is 10.1 Å². The van der Waals surface area contributed by atoms with E-state index < -0.39 is 4.92 Å². The van der Waals surface area contributed by atoms with E-state index in [0.717, 1.165) is 19.3 Å². The second-order valence-electron chi connectivity index (χ2n) is 6.58. The lowest BCUT2D eigenvalue weighted by Crippen LogP contribution is -2.30. The van der Waals surface area contributed by atoms with Gasteiger partial charge in [0.2, 0.25) is 0 Å². The number of rotatable bonds is 4. The Kier molecular flexibility index (Phi) is 4.46. The van der Waals surface area contributed by atoms with E-state index in [4.69, 9.17) is 4.42 Å². The number of nitro groups is 1. The smallest absolute Gasteiger partial charge is 0.287 e. The molecule has 0 aliphatic heterocycles. The van der Waals surface area contributed by atoms with Crippen LogP contribution in [0.3, 0.4) is 0 Å². The van der Waals surface area contributed by atoms with E-state index in [1.807, 2.05) is 12.1 Å². The molecular weight excluding hydrogens is 344 g/mol. The molecule has 0 saturated carbocycles. The van der Waals surface area contributed by atoms with Crippen molar-refractivity contribution >= 4 is 11.6 Å². The molecule has 0 radical (unpaired) electrons. The van der Waals surface area contributed by atoms with E-state index in [1.54, 1.807) is 24.3 Å². The highest BCUT2D eigenvalue weighted by molar-refractivity contribution is 5.92. The van der Waals surface area contributed by atoms with Crippen LogP contribution in [0.4, 0.5) is 5.69 Å². The van der Waals surface area contributed by atoms with Gasteiger partial charge in [-0.3, -0.25) is 14.9 Å². The number of carbonyl (C=O) groups is 1. The van der Waals surface area contributed by atoms with Gasteiger partial charge in [0.05, 0.1) is 11.0 Å². The molecule has 3 aromatic rings. The van der Waals surface area contributed by atoms with Crippen molar-refractivity contribution in [3.05, 3.63) is 87.7 Å². The van der Waals surface area contributed by atoms with Gasteiger partial charge in [0.15, 0.2) is 5.76 Å². The number of amides is 1. The Morgan fingerprint density at radius 3 is 2.63 bits per heavy atom. The molecule has 1 aromatic heterocycles. The number of fused-ring (bicyclic) bond motifs is 1. The van der Waals surface area contributed by atoms with Crippen LogP contribution >= 0.6 is 0 Å². The molecule has 1 aliphatic carbocycles. The topological polar surface area (TPSA) is 85.4 Å². The van der Waals surface area contributed by atoms with Crippen molar-refractivity contribution in [3.63, 3.8) is 0 Å². The van der Waals surface area contributed by atoms with Crippen molar-refractivity contribution < 1.29 is 14.1 Å². The standard InChI is InChI=1S/C21H18N2O4/c24-21(22-18-7-3-5-14-4-1-2-6-17(14)18)20-13-12-19(27-20)15-8-10-16(11-9-15)23(25)26/h1-2,4,6,8-13,18H,3,5,7H2,(H,22,24). The van der Waals surface area contributed by atoms with Gasteiger partial charge in [-0.1, -0.05) is 24.3 Å². The van der Waals surface area contributed by atoms with Crippen molar-refractivity contribution in [3.8, 4) is 11.3 Å². The Balaban J connectivity index is 1.50. The SMILES string of the molecule is O=C(NC1CCCc2ccccc21)c1ccc(-c2ccc([N+](=O)[O-])cc2)o1. The first-order valence-electron chi connectivity index (χ1n) is 8.85. The zero-order valence-corrected chi connectivity index (χ0v) is 14.6. The maximum Gasteiger partial charge on any atom is 0.287 e. The fraction of sp³-hybridized carbons (Fsp3) is 0.190. The summed E-state index contributed by atoms with van der Waals surface area (Å²) in [6.45, 7) is 0. The molecule has 136 valence electrons. The van der Waals surface area contributed by atoms with Gasteiger partial charge in [-0.25, -0.2) is 0 Å². The Bertz CT molecular complexity index is 991. The molecule has 6 nitrogen and oxygen atoms in total. The van der Waals surface area contributed by atoms with Crippen molar-refractivity contribution in [2.45, 2.75) is 25.3 Å². The van der Waals surface area contributed by atoms with Crippen molar-refractivity contribution in [1.82, 2.24) is 5.32 Å². The maximum atomic E-state index is 12.6. The van der Waals surface area contributed by atoms with Gasteiger partial charge in [-0.05, 0) is 54.7 Å². The number of furan rings is 1. The zero-order chi connectivity index (χ0) is 18.8. The Hall–Kier alpha value is -3.41. The first kappa shape index (κ1) is 17.0. The van der Waals surface area contributed by atoms with Crippen LogP contribution in [-0.2, 0) is 6.42 Å². The molecule has 1 unspecified atom stereocenters. The van der Waals surface area contributed by atoms with E-state index in [0.29, 0.717) is 11.3 Å². The van der Waals surface area contributed by atoms with Crippen molar-refractivity contribution in [2.24, 2.45) is 0 Å². The number of benzene rings is 2. The summed E-state index contributed by atoms with van der Waals surface area (Å²) in [5.41, 5.74) is 3.14. The summed E-state index contributed by atoms with van der Waals surface area (Å²) in [6, 6.07) is 17.5. The third kappa shape index (κ3) is 3.46. The molecule has 1 N–H and O–H groups in total. The Morgan fingerprint density at radius 1 is 1.07 bits per heavy atom. The minimum Gasteiger partial charge on any atom is -0.451 e. The molecule has 1 amide bonds. The fourth-order valence-electron chi connectivity index (χ4n) is 3.50. The van der Waals surface area contributed by atoms with Gasteiger partial charge >= 0.3 is 0 Å². The summed E-state index contributed by atoms with van der Waals surface area (Å²) in [5.74, 6) is 0.468. The molecule has 6 heteroatoms. The molecule has 2 aromatic carbocycles. The summed E-state index contributed by atoms with van der Waals surface area (Å²) < 4.78 is 5.68. The summed E-state index contributed by atoms with van der Waals surface area (Å²) >= 11 is 0. The molecule has 4 rings (SSSR count). The van der Waals surface area contributed by atoms with Crippen molar-refractivity contribution in [2.75, 3.05) is 0 Å². The molecule has 0 spiro atoms. The highest BCUT2D eigenvalue weighted by Crippen LogP contribution is 2.30. The Labute approximate surface area is 156 Å². The van der Waals surface area contributed by atoms with E-state index in [1.165, 1.54) is 23.3 Å². The highest BCUT2D eigenvalue weighted by Gasteiger charge is 2.23. The average Bonchev–Trinajstić information content (AvgIpc) is 3.19. The lowest BCUT2D eigenvalue weighted by atomic mass is 9.88. The minimum absolute atomic E-state index is 0.0132. The van der Waals surface area contributed by atoms with Crippen LogP contribution in [0.2, 0.25) is 0 Å². The zero-order valence-electron chi connectivity index (χ0n) is 14.6. The molecule has 0 fully saturated rings. The van der Waals surface area contributed by atoms with Gasteiger partial charge in [0.25, 0.3) is 11.6 Å². The second kappa shape index (κ2) is 7.07. The fourth-order valence-corrected chi connectivity index (χ4v) is 3.50. The van der Waals surface area contributed by atoms with E-state index in [2.05, 4.69) is 17.4 Å². The van der Waals surface area contributed by atoms with Crippen LogP contribution in [0.15, 0.2) is 65.1 Å². The van der Waals surface area contributed by atoms with Gasteiger partial charge in [-0.2, -0.15) is 0 Å². The monoisotopic (exact) mass is 362 g/mol. The largest absolute Gasteiger partial charge is 0.451 e. The molecule has 0 bridgehead atoms. The van der Waals surface area contributed by atoms with Crippen LogP contribution in [0.25, 0.3) is 11.3 Å². The minimum atomic E-state index is -0.452. The molecule has 1 atom stereocenters. The lowest BCUT2D eigenvalue weighted by molar-refractivity contribution is -0.384. The third-order valence-electron chi connectivity index (χ3n) is 4.87. The van der Waals surface area contributed by atoms with Crippen LogP contribution < -0.4 is 5.32 Å². The Morgan fingerprint density at radius 2 is 1.85 bits per heavy atom. The number of aryl methyl sites for hydroxylation is 1. The molecular formula is C21H18N2O4. The number of nitrogens with zero attached hydrogens (tertiary/aromatic N) is 1. The first-order chi connectivity index (χ1) is 13.1. The first-order valence-corrected chi connectivity index (χ1v) is 8.85. The lowest BCUT2D eigenvalue weighted by Gasteiger charge is -2.25. The summed E-state index contributed by atoms with van der Waals surface area (Å²) in [7, 11) is 0. The molecule has 1 aliphatic rings. The maximum absolute atomic E-state index is 12.6. The van der Waals surface area contributed by atoms with Crippen LogP contribution in [0.1, 0.15) is 40.6 Å². The van der Waals surface area contributed by atoms with Gasteiger partial charge < -0.3 is 9.73 Å². The number of hydrogen-bond donors (Lipinski definition) is 1. The quantitative estimate of drug-likeness (QED) is 0.540. The molecule has 1 heterocycles. The number of hydrogen-bond acceptors (Lipinski definition) is 4. The number of nitro benzene ring substituents is 1. The summed E-state index contributed by atoms with van der Waals surface area (Å²) in [5, 5.41) is 13.8. The number of non-ortho nitro benzene ring substituents is 1.